The minimum atomic E-state index is -2.35. The van der Waals surface area contributed by atoms with Crippen LogP contribution < -0.4 is 43.0 Å². The fourth-order valence-corrected chi connectivity index (χ4v) is 8.99. The number of phenolic OH excluding ortho intramolecular Hbond substituents is 1. The molecule has 2 unspecified atom stereocenters. The van der Waals surface area contributed by atoms with Crippen molar-refractivity contribution in [2.45, 2.75) is 107 Å². The van der Waals surface area contributed by atoms with Gasteiger partial charge in [-0.3, -0.25) is 47.4 Å². The van der Waals surface area contributed by atoms with E-state index in [4.69, 9.17) is 5.73 Å². The van der Waals surface area contributed by atoms with Crippen LogP contribution in [-0.2, 0) is 60.4 Å². The molecular weight excluding hydrogens is 849 g/mol. The zero-order valence-corrected chi connectivity index (χ0v) is 35.8. The molecule has 0 aliphatic carbocycles. The van der Waals surface area contributed by atoms with Crippen molar-refractivity contribution in [3.63, 3.8) is 0 Å². The quantitative estimate of drug-likeness (QED) is 0.130. The van der Waals surface area contributed by atoms with E-state index in [1.165, 1.54) is 32.0 Å². The fraction of sp³-hybridized carbons (Fsp3) is 0.564. The first-order valence-electron chi connectivity index (χ1n) is 20.4. The number of hydrogen-bond acceptors (Lipinski definition) is 13. The molecule has 1 saturated heterocycles. The summed E-state index contributed by atoms with van der Waals surface area (Å²) < 4.78 is 14.6. The molecule has 11 atom stereocenters. The molecule has 13 N–H and O–H groups in total. The van der Waals surface area contributed by atoms with Gasteiger partial charge in [0.2, 0.25) is 53.2 Å². The SMILES string of the molecule is CC[C@H](C)[C@@H]1NC(=O)CNC(=O)[C@@H]2Cc3c([nH]c4cc(O)ccc34)S(=O)C[C@H](NC(=O)CNC1=O)C(=O)NC(CC(N)=O)C(=O)N1C[C@H](O)C[C@H]1C(=O)N[C@@H]([C@@H](C)[C@H](C)O)C(=O)N2. The molecule has 1 fully saturated rings. The third-order valence-electron chi connectivity index (χ3n) is 11.5. The predicted octanol–water partition coefficient (Wildman–Crippen LogP) is -4.89. The average Bonchev–Trinajstić information content (AvgIpc) is 3.80. The summed E-state index contributed by atoms with van der Waals surface area (Å²) >= 11 is 0. The van der Waals surface area contributed by atoms with E-state index in [2.05, 4.69) is 42.2 Å². The maximum absolute atomic E-state index is 14.6. The number of aromatic hydroxyl groups is 1. The number of fused-ring (bicyclic) bond motifs is 5. The van der Waals surface area contributed by atoms with Crippen LogP contribution in [0.1, 0.15) is 52.5 Å². The Hall–Kier alpha value is -6.14. The smallest absolute Gasteiger partial charge is 0.246 e. The van der Waals surface area contributed by atoms with Crippen LogP contribution in [0.4, 0.5) is 0 Å². The monoisotopic (exact) mass is 902 g/mol. The van der Waals surface area contributed by atoms with E-state index in [0.29, 0.717) is 11.8 Å². The molecule has 24 heteroatoms. The number of aromatic nitrogens is 1. The molecular formula is C39H54N10O13S. The molecule has 3 aliphatic heterocycles. The largest absolute Gasteiger partial charge is 0.508 e. The minimum Gasteiger partial charge on any atom is -0.508 e. The summed E-state index contributed by atoms with van der Waals surface area (Å²) in [6.45, 7) is 4.23. The van der Waals surface area contributed by atoms with Gasteiger partial charge in [0.1, 0.15) is 47.0 Å². The number of amides is 9. The second kappa shape index (κ2) is 20.4. The molecule has 63 heavy (non-hydrogen) atoms. The number of carbonyl (C=O) groups is 9. The summed E-state index contributed by atoms with van der Waals surface area (Å²) in [6, 6.07) is -5.57. The van der Waals surface area contributed by atoms with Gasteiger partial charge in [0.25, 0.3) is 0 Å². The molecule has 344 valence electrons. The third-order valence-corrected chi connectivity index (χ3v) is 12.9. The number of H-pyrrole nitrogens is 1. The first kappa shape index (κ1) is 47.9. The Morgan fingerprint density at radius 1 is 0.857 bits per heavy atom. The first-order chi connectivity index (χ1) is 29.7. The number of rotatable bonds is 6. The highest BCUT2D eigenvalue weighted by atomic mass is 32.2. The molecule has 0 spiro atoms. The standard InChI is InChI=1S/C39H54N10O13S/c1-5-16(2)31-36(59)42-12-29(54)43-26-15-63(62)38-22(21-7-6-19(51)8-23(21)46-38)10-24(33(56)41-13-30(55)47-31)44-37(60)32(17(3)18(4)50)48-35(58)27-9-20(52)14-49(27)39(61)25(11-28(40)53)45-34(26)57/h6-8,16-18,20,24-27,31-32,46,50-52H,5,9-15H2,1-4H3,(H2,40,53)(H,41,56)(H,42,59)(H,43,54)(H,44,60)(H,45,57)(H,47,55)(H,48,58)/t16-,17-,18-,20+,24-,25?,26-,27-,31-,32-,63?/m0/s1. The van der Waals surface area contributed by atoms with Gasteiger partial charge in [0, 0.05) is 36.8 Å². The number of phenols is 1. The first-order valence-corrected chi connectivity index (χ1v) is 21.7. The molecule has 0 saturated carbocycles. The molecule has 1 aromatic carbocycles. The summed E-state index contributed by atoms with van der Waals surface area (Å²) in [4.78, 5) is 127. The van der Waals surface area contributed by atoms with Gasteiger partial charge in [-0.05, 0) is 30.5 Å². The van der Waals surface area contributed by atoms with Crippen LogP contribution in [0.3, 0.4) is 0 Å². The van der Waals surface area contributed by atoms with E-state index in [1.807, 2.05) is 0 Å². The number of aliphatic hydroxyl groups is 2. The number of aliphatic hydroxyl groups excluding tert-OH is 2. The normalized spacial score (nSPS) is 28.8. The highest BCUT2D eigenvalue weighted by Crippen LogP contribution is 2.30. The topological polar surface area (TPSA) is 361 Å². The molecule has 23 nitrogen and oxygen atoms in total. The van der Waals surface area contributed by atoms with E-state index < -0.39 is 162 Å². The molecule has 2 bridgehead atoms. The molecule has 3 aliphatic rings. The number of aromatic amines is 1. The lowest BCUT2D eigenvalue weighted by molar-refractivity contribution is -0.144. The molecule has 2 aromatic rings. The van der Waals surface area contributed by atoms with Crippen molar-refractivity contribution >= 4 is 74.9 Å². The lowest BCUT2D eigenvalue weighted by atomic mass is 9.94. The number of benzene rings is 1. The van der Waals surface area contributed by atoms with Crippen LogP contribution >= 0.6 is 0 Å². The molecule has 0 radical (unpaired) electrons. The van der Waals surface area contributed by atoms with Crippen molar-refractivity contribution in [3.05, 3.63) is 23.8 Å². The van der Waals surface area contributed by atoms with Gasteiger partial charge in [-0.2, -0.15) is 0 Å². The molecule has 1 aromatic heterocycles. The molecule has 9 amide bonds. The van der Waals surface area contributed by atoms with Gasteiger partial charge in [-0.1, -0.05) is 27.2 Å². The van der Waals surface area contributed by atoms with Crippen LogP contribution in [0.15, 0.2) is 23.2 Å². The maximum Gasteiger partial charge on any atom is 0.246 e. The Kier molecular flexibility index (Phi) is 15.5. The summed E-state index contributed by atoms with van der Waals surface area (Å²) in [5, 5.41) is 49.1. The van der Waals surface area contributed by atoms with Crippen LogP contribution in [0.5, 0.6) is 5.75 Å². The number of primary amides is 1. The van der Waals surface area contributed by atoms with Gasteiger partial charge in [0.15, 0.2) is 0 Å². The average molecular weight is 903 g/mol. The van der Waals surface area contributed by atoms with Crippen molar-refractivity contribution in [3.8, 4) is 5.75 Å². The van der Waals surface area contributed by atoms with Crippen molar-refractivity contribution in [1.82, 2.24) is 47.1 Å². The second-order valence-corrected chi connectivity index (χ2v) is 17.6. The van der Waals surface area contributed by atoms with Crippen molar-refractivity contribution in [2.24, 2.45) is 17.6 Å². The summed E-state index contributed by atoms with van der Waals surface area (Å²) in [5.74, 6) is -11.4. The zero-order valence-electron chi connectivity index (χ0n) is 35.0. The highest BCUT2D eigenvalue weighted by molar-refractivity contribution is 7.85. The van der Waals surface area contributed by atoms with E-state index in [0.717, 1.165) is 4.90 Å². The molecule has 5 rings (SSSR count). The number of nitrogens with zero attached hydrogens (tertiary/aromatic N) is 1. The molecule has 4 heterocycles. The Morgan fingerprint density at radius 2 is 1.52 bits per heavy atom. The summed E-state index contributed by atoms with van der Waals surface area (Å²) in [5.41, 5.74) is 5.80. The van der Waals surface area contributed by atoms with E-state index in [-0.39, 0.29) is 28.3 Å². The third kappa shape index (κ3) is 11.5. The van der Waals surface area contributed by atoms with Crippen molar-refractivity contribution in [2.75, 3.05) is 25.4 Å². The fourth-order valence-electron chi connectivity index (χ4n) is 7.59. The summed E-state index contributed by atoms with van der Waals surface area (Å²) in [6.07, 6.45) is -3.85. The van der Waals surface area contributed by atoms with Gasteiger partial charge in [-0.15, -0.1) is 0 Å². The lowest BCUT2D eigenvalue weighted by Gasteiger charge is -2.32. The lowest BCUT2D eigenvalue weighted by Crippen LogP contribution is -2.62. The summed E-state index contributed by atoms with van der Waals surface area (Å²) in [7, 11) is -2.35. The van der Waals surface area contributed by atoms with E-state index in [1.54, 1.807) is 13.8 Å². The van der Waals surface area contributed by atoms with Crippen LogP contribution in [0, 0.1) is 11.8 Å². The number of nitrogens with two attached hydrogens (primary N) is 1. The van der Waals surface area contributed by atoms with Gasteiger partial charge in [-0.25, -0.2) is 0 Å². The number of nitrogens with one attached hydrogen (secondary N) is 8. The van der Waals surface area contributed by atoms with Gasteiger partial charge < -0.3 is 68.2 Å². The Bertz CT molecular complexity index is 2180. The minimum absolute atomic E-state index is 0.117. The van der Waals surface area contributed by atoms with E-state index >= 15 is 0 Å². The Balaban J connectivity index is 1.73. The van der Waals surface area contributed by atoms with E-state index in [9.17, 15) is 62.7 Å². The second-order valence-electron chi connectivity index (χ2n) is 16.1. The number of hydrogen-bond donors (Lipinski definition) is 12. The predicted molar refractivity (Wildman–Crippen MR) is 221 cm³/mol. The van der Waals surface area contributed by atoms with Crippen LogP contribution in [0.2, 0.25) is 0 Å². The van der Waals surface area contributed by atoms with Crippen molar-refractivity contribution < 1.29 is 62.7 Å². The van der Waals surface area contributed by atoms with Gasteiger partial charge in [0.05, 0.1) is 53.8 Å². The van der Waals surface area contributed by atoms with Crippen LogP contribution in [-0.4, -0.2) is 156 Å². The van der Waals surface area contributed by atoms with Crippen molar-refractivity contribution in [1.29, 1.82) is 0 Å². The Labute approximate surface area is 363 Å². The highest BCUT2D eigenvalue weighted by Gasteiger charge is 2.45. The maximum atomic E-state index is 14.6. The zero-order chi connectivity index (χ0) is 46.4. The number of carbonyl (C=O) groups excluding carboxylic acids is 9. The van der Waals surface area contributed by atoms with Gasteiger partial charge >= 0.3 is 0 Å². The Morgan fingerprint density at radius 3 is 2.17 bits per heavy atom. The van der Waals surface area contributed by atoms with Crippen LogP contribution in [0.25, 0.3) is 10.9 Å².